The van der Waals surface area contributed by atoms with E-state index in [9.17, 15) is 0 Å². The van der Waals surface area contributed by atoms with E-state index in [2.05, 4.69) is 17.1 Å². The Bertz CT molecular complexity index is 525. The van der Waals surface area contributed by atoms with Crippen LogP contribution in [-0.4, -0.2) is 28.5 Å². The lowest BCUT2D eigenvalue weighted by Crippen LogP contribution is -2.15. The fraction of sp³-hybridized carbons (Fsp3) is 0.429. The molecule has 1 heterocycles. The second kappa shape index (κ2) is 7.02. The molecule has 0 aliphatic heterocycles. The average molecular weight is 277 g/mol. The van der Waals surface area contributed by atoms with Crippen molar-refractivity contribution in [1.29, 1.82) is 0 Å². The van der Waals surface area contributed by atoms with Crippen molar-refractivity contribution < 1.29 is 14.4 Å². The van der Waals surface area contributed by atoms with Gasteiger partial charge in [-0.15, -0.1) is 0 Å². The summed E-state index contributed by atoms with van der Waals surface area (Å²) in [4.78, 5) is 4.15. The van der Waals surface area contributed by atoms with Crippen molar-refractivity contribution in [2.75, 3.05) is 13.2 Å². The van der Waals surface area contributed by atoms with Gasteiger partial charge in [-0.25, -0.2) is 0 Å². The molecule has 0 spiro atoms. The number of ether oxygens (including phenoxy) is 1. The summed E-state index contributed by atoms with van der Waals surface area (Å²) in [6, 6.07) is 6.80. The Labute approximate surface area is 117 Å². The number of nitrogens with zero attached hydrogens (tertiary/aromatic N) is 2. The summed E-state index contributed by atoms with van der Waals surface area (Å²) in [7, 11) is 0. The Hall–Kier alpha value is -1.92. The van der Waals surface area contributed by atoms with Crippen molar-refractivity contribution in [3.63, 3.8) is 0 Å². The van der Waals surface area contributed by atoms with Crippen LogP contribution in [0.15, 0.2) is 28.8 Å². The van der Waals surface area contributed by atoms with Crippen molar-refractivity contribution in [1.82, 2.24) is 10.1 Å². The first-order valence-corrected chi connectivity index (χ1v) is 6.68. The minimum Gasteiger partial charge on any atom is -0.494 e. The number of aromatic nitrogens is 2. The lowest BCUT2D eigenvalue weighted by Gasteiger charge is -2.04. The van der Waals surface area contributed by atoms with E-state index in [1.54, 1.807) is 0 Å². The molecule has 1 aromatic carbocycles. The molecule has 0 fully saturated rings. The van der Waals surface area contributed by atoms with E-state index in [0.29, 0.717) is 18.3 Å². The Morgan fingerprint density at radius 2 is 2.10 bits per heavy atom. The van der Waals surface area contributed by atoms with Gasteiger partial charge in [-0.05, 0) is 30.7 Å². The third-order valence-corrected chi connectivity index (χ3v) is 2.84. The first-order valence-electron chi connectivity index (χ1n) is 6.68. The second-order valence-corrected chi connectivity index (χ2v) is 4.47. The summed E-state index contributed by atoms with van der Waals surface area (Å²) in [6.45, 7) is 2.62. The van der Waals surface area contributed by atoms with Crippen LogP contribution in [0.4, 0.5) is 0 Å². The predicted molar refractivity (Wildman–Crippen MR) is 74.2 cm³/mol. The average Bonchev–Trinajstić information content (AvgIpc) is 2.97. The quantitative estimate of drug-likeness (QED) is 0.751. The van der Waals surface area contributed by atoms with Crippen molar-refractivity contribution in [3.8, 4) is 17.2 Å². The highest BCUT2D eigenvalue weighted by Gasteiger charge is 2.14. The molecule has 3 N–H and O–H groups in total. The number of hydrogen-bond acceptors (Lipinski definition) is 6. The highest BCUT2D eigenvalue weighted by atomic mass is 16.5. The Morgan fingerprint density at radius 3 is 2.75 bits per heavy atom. The maximum absolute atomic E-state index is 8.94. The molecule has 0 bridgehead atoms. The number of rotatable bonds is 7. The molecular weight excluding hydrogens is 258 g/mol. The molecule has 108 valence electrons. The number of nitrogens with two attached hydrogens (primary N) is 1. The van der Waals surface area contributed by atoms with Crippen molar-refractivity contribution in [2.24, 2.45) is 5.73 Å². The van der Waals surface area contributed by atoms with E-state index in [1.165, 1.54) is 0 Å². The van der Waals surface area contributed by atoms with Crippen LogP contribution >= 0.6 is 0 Å². The smallest absolute Gasteiger partial charge is 0.257 e. The monoisotopic (exact) mass is 277 g/mol. The molecule has 6 nitrogen and oxygen atoms in total. The van der Waals surface area contributed by atoms with E-state index in [4.69, 9.17) is 20.1 Å². The molecule has 0 aliphatic rings. The molecule has 2 rings (SSSR count). The van der Waals surface area contributed by atoms with E-state index in [0.717, 1.165) is 24.2 Å². The van der Waals surface area contributed by atoms with Crippen LogP contribution in [-0.2, 0) is 0 Å². The molecule has 0 radical (unpaired) electrons. The number of aliphatic hydroxyl groups is 1. The maximum atomic E-state index is 8.94. The molecule has 0 aliphatic carbocycles. The third kappa shape index (κ3) is 3.55. The van der Waals surface area contributed by atoms with Crippen molar-refractivity contribution in [3.05, 3.63) is 30.1 Å². The SMILES string of the molecule is CCCCOc1ccc(-c2nc(C(N)CO)no2)cc1. The third-order valence-electron chi connectivity index (χ3n) is 2.84. The van der Waals surface area contributed by atoms with Gasteiger partial charge in [0.2, 0.25) is 0 Å². The van der Waals surface area contributed by atoms with Crippen molar-refractivity contribution in [2.45, 2.75) is 25.8 Å². The second-order valence-electron chi connectivity index (χ2n) is 4.47. The van der Waals surface area contributed by atoms with E-state index in [-0.39, 0.29) is 6.61 Å². The van der Waals surface area contributed by atoms with Gasteiger partial charge in [0.15, 0.2) is 5.82 Å². The first-order chi connectivity index (χ1) is 9.74. The minimum atomic E-state index is -0.621. The molecule has 1 aromatic heterocycles. The number of unbranched alkanes of at least 4 members (excludes halogenated alkanes) is 1. The van der Waals surface area contributed by atoms with Gasteiger partial charge in [-0.2, -0.15) is 4.98 Å². The Morgan fingerprint density at radius 1 is 1.35 bits per heavy atom. The van der Waals surface area contributed by atoms with Crippen LogP contribution in [0.25, 0.3) is 11.5 Å². The van der Waals surface area contributed by atoms with Crippen LogP contribution in [0.1, 0.15) is 31.6 Å². The van der Waals surface area contributed by atoms with Gasteiger partial charge in [0.25, 0.3) is 5.89 Å². The molecule has 6 heteroatoms. The van der Waals surface area contributed by atoms with Gasteiger partial charge in [-0.1, -0.05) is 18.5 Å². The Kier molecular flexibility index (Phi) is 5.09. The molecular formula is C14H19N3O3. The summed E-state index contributed by atoms with van der Waals surface area (Å²) in [5.41, 5.74) is 6.41. The lowest BCUT2D eigenvalue weighted by atomic mass is 10.2. The van der Waals surface area contributed by atoms with Crippen LogP contribution in [0.3, 0.4) is 0 Å². The molecule has 0 saturated carbocycles. The zero-order valence-electron chi connectivity index (χ0n) is 11.5. The standard InChI is InChI=1S/C14H19N3O3/c1-2-3-8-19-11-6-4-10(5-7-11)14-16-13(17-20-14)12(15)9-18/h4-7,12,18H,2-3,8-9,15H2,1H3. The van der Waals surface area contributed by atoms with Gasteiger partial charge >= 0.3 is 0 Å². The lowest BCUT2D eigenvalue weighted by molar-refractivity contribution is 0.260. The number of benzene rings is 1. The summed E-state index contributed by atoms with van der Waals surface area (Å²) < 4.78 is 10.7. The van der Waals surface area contributed by atoms with Crippen molar-refractivity contribution >= 4 is 0 Å². The van der Waals surface area contributed by atoms with E-state index < -0.39 is 6.04 Å². The molecule has 1 unspecified atom stereocenters. The van der Waals surface area contributed by atoms with E-state index in [1.807, 2.05) is 24.3 Å². The fourth-order valence-corrected chi connectivity index (χ4v) is 1.61. The van der Waals surface area contributed by atoms with Gasteiger partial charge in [-0.3, -0.25) is 0 Å². The summed E-state index contributed by atoms with van der Waals surface area (Å²) in [5.74, 6) is 1.49. The predicted octanol–water partition coefficient (Wildman–Crippen LogP) is 1.91. The normalized spacial score (nSPS) is 12.3. The summed E-state index contributed by atoms with van der Waals surface area (Å²) in [6.07, 6.45) is 2.14. The number of hydrogen-bond donors (Lipinski definition) is 2. The summed E-state index contributed by atoms with van der Waals surface area (Å²) >= 11 is 0. The number of aliphatic hydroxyl groups excluding tert-OH is 1. The molecule has 2 aromatic rings. The van der Waals surface area contributed by atoms with Crippen LogP contribution in [0.5, 0.6) is 5.75 Å². The minimum absolute atomic E-state index is 0.219. The topological polar surface area (TPSA) is 94.4 Å². The van der Waals surface area contributed by atoms with E-state index >= 15 is 0 Å². The highest BCUT2D eigenvalue weighted by Crippen LogP contribution is 2.22. The van der Waals surface area contributed by atoms with Gasteiger partial charge in [0.05, 0.1) is 19.3 Å². The zero-order chi connectivity index (χ0) is 14.4. The first kappa shape index (κ1) is 14.5. The molecule has 20 heavy (non-hydrogen) atoms. The Balaban J connectivity index is 2.04. The largest absolute Gasteiger partial charge is 0.494 e. The van der Waals surface area contributed by atoms with Gasteiger partial charge in [0.1, 0.15) is 5.75 Å². The molecule has 0 saturated heterocycles. The van der Waals surface area contributed by atoms with Crippen LogP contribution in [0, 0.1) is 0 Å². The zero-order valence-corrected chi connectivity index (χ0v) is 11.5. The van der Waals surface area contributed by atoms with Crippen LogP contribution in [0.2, 0.25) is 0 Å². The molecule has 1 atom stereocenters. The highest BCUT2D eigenvalue weighted by molar-refractivity contribution is 5.54. The van der Waals surface area contributed by atoms with Gasteiger partial charge < -0.3 is 20.1 Å². The molecule has 0 amide bonds. The fourth-order valence-electron chi connectivity index (χ4n) is 1.61. The van der Waals surface area contributed by atoms with Gasteiger partial charge in [0, 0.05) is 5.56 Å². The van der Waals surface area contributed by atoms with Crippen LogP contribution < -0.4 is 10.5 Å². The maximum Gasteiger partial charge on any atom is 0.257 e. The summed E-state index contributed by atoms with van der Waals surface area (Å²) in [5, 5.41) is 12.7.